The smallest absolute Gasteiger partial charge is 0.150 e. The lowest BCUT2D eigenvalue weighted by Gasteiger charge is -2.35. The molecule has 1 aromatic carbocycles. The van der Waals surface area contributed by atoms with Crippen LogP contribution in [-0.4, -0.2) is 26.5 Å². The summed E-state index contributed by atoms with van der Waals surface area (Å²) in [6.07, 6.45) is 2.00. The Morgan fingerprint density at radius 3 is 2.84 bits per heavy atom. The van der Waals surface area contributed by atoms with Gasteiger partial charge in [-0.15, -0.1) is 0 Å². The number of benzene rings is 1. The maximum atomic E-state index is 11.5. The average molecular weight is 283 g/mol. The van der Waals surface area contributed by atoms with Gasteiger partial charge in [0.25, 0.3) is 0 Å². The van der Waals surface area contributed by atoms with Crippen LogP contribution < -0.4 is 10.5 Å². The van der Waals surface area contributed by atoms with Gasteiger partial charge in [0, 0.05) is 23.3 Å². The Balaban J connectivity index is 2.08. The van der Waals surface area contributed by atoms with E-state index in [0.29, 0.717) is 19.4 Å². The molecule has 5 heteroatoms. The van der Waals surface area contributed by atoms with Crippen LogP contribution >= 0.6 is 0 Å². The molecule has 106 valence electrons. The van der Waals surface area contributed by atoms with E-state index in [9.17, 15) is 8.42 Å². The normalized spacial score (nSPS) is 22.6. The minimum absolute atomic E-state index is 0.199. The molecule has 0 saturated carbocycles. The summed E-state index contributed by atoms with van der Waals surface area (Å²) in [6.45, 7) is 2.27. The van der Waals surface area contributed by atoms with Crippen molar-refractivity contribution in [2.24, 2.45) is 5.73 Å². The van der Waals surface area contributed by atoms with Crippen LogP contribution in [0.4, 0.5) is 0 Å². The SMILES string of the molecule is CCS(=O)(=O)CCCC1(N)CCOc2ccccc21. The molecular formula is C14H21NO3S. The molecule has 1 heterocycles. The lowest BCUT2D eigenvalue weighted by molar-refractivity contribution is 0.207. The van der Waals surface area contributed by atoms with Crippen molar-refractivity contribution in [3.63, 3.8) is 0 Å². The second kappa shape index (κ2) is 5.51. The Morgan fingerprint density at radius 2 is 2.11 bits per heavy atom. The van der Waals surface area contributed by atoms with Crippen LogP contribution in [0.15, 0.2) is 24.3 Å². The minimum atomic E-state index is -2.91. The predicted octanol–water partition coefficient (Wildman–Crippen LogP) is 1.84. The third-order valence-electron chi connectivity index (χ3n) is 3.75. The zero-order valence-corrected chi connectivity index (χ0v) is 12.1. The standard InChI is InChI=1S/C14H21NO3S/c1-2-19(16,17)11-5-8-14(15)9-10-18-13-7-4-3-6-12(13)14/h3-4,6-7H,2,5,8-11,15H2,1H3. The molecule has 0 radical (unpaired) electrons. The van der Waals surface area contributed by atoms with Gasteiger partial charge in [-0.05, 0) is 18.9 Å². The zero-order chi connectivity index (χ0) is 13.9. The molecule has 2 N–H and O–H groups in total. The van der Waals surface area contributed by atoms with Crippen LogP contribution in [0.1, 0.15) is 31.7 Å². The van der Waals surface area contributed by atoms with E-state index in [4.69, 9.17) is 10.5 Å². The van der Waals surface area contributed by atoms with Crippen molar-refractivity contribution in [2.75, 3.05) is 18.1 Å². The van der Waals surface area contributed by atoms with Crippen molar-refractivity contribution in [3.05, 3.63) is 29.8 Å². The quantitative estimate of drug-likeness (QED) is 0.895. The molecule has 1 aliphatic rings. The number of hydrogen-bond donors (Lipinski definition) is 1. The average Bonchev–Trinajstić information content (AvgIpc) is 2.39. The molecule has 1 atom stereocenters. The fourth-order valence-electron chi connectivity index (χ4n) is 2.49. The topological polar surface area (TPSA) is 69.4 Å². The molecule has 19 heavy (non-hydrogen) atoms. The molecule has 4 nitrogen and oxygen atoms in total. The van der Waals surface area contributed by atoms with Gasteiger partial charge in [0.05, 0.1) is 12.4 Å². The summed E-state index contributed by atoms with van der Waals surface area (Å²) < 4.78 is 28.6. The highest BCUT2D eigenvalue weighted by atomic mass is 32.2. The Hall–Kier alpha value is -1.07. The molecule has 1 aromatic rings. The molecule has 2 rings (SSSR count). The summed E-state index contributed by atoms with van der Waals surface area (Å²) in [6, 6.07) is 7.76. The molecule has 0 bridgehead atoms. The van der Waals surface area contributed by atoms with Gasteiger partial charge in [0.1, 0.15) is 15.6 Å². The van der Waals surface area contributed by atoms with E-state index in [1.54, 1.807) is 6.92 Å². The highest BCUT2D eigenvalue weighted by Crippen LogP contribution is 2.37. The summed E-state index contributed by atoms with van der Waals surface area (Å²) in [7, 11) is -2.91. The first kappa shape index (κ1) is 14.3. The molecule has 0 aromatic heterocycles. The van der Waals surface area contributed by atoms with Crippen molar-refractivity contribution in [3.8, 4) is 5.75 Å². The van der Waals surface area contributed by atoms with Crippen molar-refractivity contribution in [1.82, 2.24) is 0 Å². The van der Waals surface area contributed by atoms with Gasteiger partial charge < -0.3 is 10.5 Å². The van der Waals surface area contributed by atoms with Crippen molar-refractivity contribution < 1.29 is 13.2 Å². The molecule has 0 spiro atoms. The first-order chi connectivity index (χ1) is 8.97. The second-order valence-electron chi connectivity index (χ2n) is 5.09. The molecule has 0 fully saturated rings. The van der Waals surface area contributed by atoms with Gasteiger partial charge in [-0.25, -0.2) is 8.42 Å². The van der Waals surface area contributed by atoms with E-state index in [2.05, 4.69) is 0 Å². The lowest BCUT2D eigenvalue weighted by atomic mass is 9.82. The largest absolute Gasteiger partial charge is 0.493 e. The Morgan fingerprint density at radius 1 is 1.37 bits per heavy atom. The number of ether oxygens (including phenoxy) is 1. The maximum Gasteiger partial charge on any atom is 0.150 e. The Labute approximate surface area is 114 Å². The van der Waals surface area contributed by atoms with Crippen molar-refractivity contribution in [1.29, 1.82) is 0 Å². The third kappa shape index (κ3) is 3.28. The van der Waals surface area contributed by atoms with E-state index >= 15 is 0 Å². The first-order valence-corrected chi connectivity index (χ1v) is 8.51. The molecule has 0 aliphatic carbocycles. The number of sulfone groups is 1. The van der Waals surface area contributed by atoms with Gasteiger partial charge >= 0.3 is 0 Å². The summed E-state index contributed by atoms with van der Waals surface area (Å²) >= 11 is 0. The fourth-order valence-corrected chi connectivity index (χ4v) is 3.37. The molecule has 1 aliphatic heterocycles. The fraction of sp³-hybridized carbons (Fsp3) is 0.571. The van der Waals surface area contributed by atoms with Crippen molar-refractivity contribution in [2.45, 2.75) is 31.7 Å². The first-order valence-electron chi connectivity index (χ1n) is 6.68. The van der Waals surface area contributed by atoms with Gasteiger partial charge in [0.2, 0.25) is 0 Å². The van der Waals surface area contributed by atoms with Gasteiger partial charge in [0.15, 0.2) is 0 Å². The second-order valence-corrected chi connectivity index (χ2v) is 7.56. The van der Waals surface area contributed by atoms with Crippen LogP contribution in [0.3, 0.4) is 0 Å². The lowest BCUT2D eigenvalue weighted by Crippen LogP contribution is -2.41. The number of rotatable bonds is 5. The van der Waals surface area contributed by atoms with Gasteiger partial charge in [-0.1, -0.05) is 25.1 Å². The van der Waals surface area contributed by atoms with Crippen LogP contribution in [-0.2, 0) is 15.4 Å². The molecule has 0 saturated heterocycles. The Bertz CT molecular complexity index is 541. The van der Waals surface area contributed by atoms with Crippen LogP contribution in [0.2, 0.25) is 0 Å². The van der Waals surface area contributed by atoms with E-state index in [0.717, 1.165) is 17.7 Å². The summed E-state index contributed by atoms with van der Waals surface area (Å²) in [5.74, 6) is 1.24. The van der Waals surface area contributed by atoms with E-state index in [-0.39, 0.29) is 11.5 Å². The molecule has 1 unspecified atom stereocenters. The predicted molar refractivity (Wildman–Crippen MR) is 76.0 cm³/mol. The van der Waals surface area contributed by atoms with Crippen LogP contribution in [0, 0.1) is 0 Å². The Kier molecular flexibility index (Phi) is 4.16. The molecular weight excluding hydrogens is 262 g/mol. The van der Waals surface area contributed by atoms with Gasteiger partial charge in [-0.3, -0.25) is 0 Å². The van der Waals surface area contributed by atoms with Crippen LogP contribution in [0.5, 0.6) is 5.75 Å². The van der Waals surface area contributed by atoms with E-state index < -0.39 is 15.4 Å². The number of hydrogen-bond acceptors (Lipinski definition) is 4. The number of para-hydroxylation sites is 1. The van der Waals surface area contributed by atoms with Crippen molar-refractivity contribution >= 4 is 9.84 Å². The van der Waals surface area contributed by atoms with E-state index in [1.807, 2.05) is 24.3 Å². The molecule has 0 amide bonds. The number of nitrogens with two attached hydrogens (primary N) is 1. The minimum Gasteiger partial charge on any atom is -0.493 e. The third-order valence-corrected chi connectivity index (χ3v) is 5.54. The zero-order valence-electron chi connectivity index (χ0n) is 11.3. The maximum absolute atomic E-state index is 11.5. The van der Waals surface area contributed by atoms with Gasteiger partial charge in [-0.2, -0.15) is 0 Å². The van der Waals surface area contributed by atoms with Crippen LogP contribution in [0.25, 0.3) is 0 Å². The summed E-state index contributed by atoms with van der Waals surface area (Å²) in [4.78, 5) is 0. The number of fused-ring (bicyclic) bond motifs is 1. The highest BCUT2D eigenvalue weighted by molar-refractivity contribution is 7.91. The highest BCUT2D eigenvalue weighted by Gasteiger charge is 2.33. The summed E-state index contributed by atoms with van der Waals surface area (Å²) in [5, 5.41) is 0. The monoisotopic (exact) mass is 283 g/mol. The van der Waals surface area contributed by atoms with E-state index in [1.165, 1.54) is 0 Å². The summed E-state index contributed by atoms with van der Waals surface area (Å²) in [5.41, 5.74) is 7.00.